The van der Waals surface area contributed by atoms with E-state index in [4.69, 9.17) is 9.84 Å². The van der Waals surface area contributed by atoms with E-state index in [2.05, 4.69) is 16.8 Å². The summed E-state index contributed by atoms with van der Waals surface area (Å²) in [6.07, 6.45) is -0.0838. The molecule has 0 unspecified atom stereocenters. The molecule has 6 nitrogen and oxygen atoms in total. The van der Waals surface area contributed by atoms with Crippen LogP contribution in [0.4, 0.5) is 0 Å². The van der Waals surface area contributed by atoms with Gasteiger partial charge in [0.15, 0.2) is 0 Å². The molecule has 0 saturated carbocycles. The summed E-state index contributed by atoms with van der Waals surface area (Å²) in [5.41, 5.74) is 3.89. The van der Waals surface area contributed by atoms with Crippen LogP contribution in [0.25, 0.3) is 10.9 Å². The number of fused-ring (bicyclic) bond motifs is 1. The third kappa shape index (κ3) is 3.71. The van der Waals surface area contributed by atoms with E-state index in [1.807, 2.05) is 19.1 Å². The molecule has 23 heavy (non-hydrogen) atoms. The Hall–Kier alpha value is -2.34. The first-order valence-electron chi connectivity index (χ1n) is 7.54. The Bertz CT molecular complexity index is 734. The summed E-state index contributed by atoms with van der Waals surface area (Å²) < 4.78 is 7.33. The lowest BCUT2D eigenvalue weighted by Gasteiger charge is -2.08. The van der Waals surface area contributed by atoms with Crippen LogP contribution in [0.2, 0.25) is 0 Å². The normalized spacial score (nSPS) is 10.9. The lowest BCUT2D eigenvalue weighted by atomic mass is 10.1. The molecule has 1 aromatic heterocycles. The summed E-state index contributed by atoms with van der Waals surface area (Å²) in [7, 11) is 1.67. The molecule has 0 saturated heterocycles. The molecule has 0 bridgehead atoms. The first-order chi connectivity index (χ1) is 11.0. The number of carbonyl (C=O) groups excluding carboxylic acids is 1. The fraction of sp³-hybridized carbons (Fsp3) is 0.412. The number of ether oxygens (including phenoxy) is 1. The van der Waals surface area contributed by atoms with Gasteiger partial charge in [0.05, 0.1) is 13.0 Å². The quantitative estimate of drug-likeness (QED) is 0.819. The van der Waals surface area contributed by atoms with Crippen molar-refractivity contribution >= 4 is 22.8 Å². The molecule has 0 radical (unpaired) electrons. The Balaban J connectivity index is 2.26. The van der Waals surface area contributed by atoms with Gasteiger partial charge in [-0.05, 0) is 37.6 Å². The minimum atomic E-state index is -0.928. The Labute approximate surface area is 135 Å². The zero-order valence-electron chi connectivity index (χ0n) is 13.7. The Kier molecular flexibility index (Phi) is 5.39. The Morgan fingerprint density at radius 1 is 1.30 bits per heavy atom. The summed E-state index contributed by atoms with van der Waals surface area (Å²) in [6, 6.07) is 5.55. The highest BCUT2D eigenvalue weighted by atomic mass is 16.5. The van der Waals surface area contributed by atoms with Crippen molar-refractivity contribution in [1.29, 1.82) is 0 Å². The Morgan fingerprint density at radius 2 is 2.04 bits per heavy atom. The standard InChI is InChI=1S/C17H22N2O4/c1-11-12(2)19(8-9-23-3)15-5-4-13(10-14(11)15)17(22)18-7-6-16(20)21/h4-5,10H,6-9H2,1-3H3,(H,18,22)(H,20,21). The molecule has 124 valence electrons. The zero-order valence-corrected chi connectivity index (χ0v) is 13.7. The van der Waals surface area contributed by atoms with Gasteiger partial charge in [-0.25, -0.2) is 0 Å². The molecule has 2 aromatic rings. The maximum absolute atomic E-state index is 12.1. The van der Waals surface area contributed by atoms with Crippen molar-refractivity contribution in [2.75, 3.05) is 20.3 Å². The SMILES string of the molecule is COCCn1c(C)c(C)c2cc(C(=O)NCCC(=O)O)ccc21. The van der Waals surface area contributed by atoms with E-state index in [0.717, 1.165) is 28.7 Å². The van der Waals surface area contributed by atoms with E-state index < -0.39 is 5.97 Å². The summed E-state index contributed by atoms with van der Waals surface area (Å²) in [5.74, 6) is -1.18. The second-order valence-corrected chi connectivity index (χ2v) is 5.49. The number of aliphatic carboxylic acids is 1. The molecule has 0 aliphatic rings. The van der Waals surface area contributed by atoms with Crippen LogP contribution in [0.1, 0.15) is 28.0 Å². The number of carboxylic acids is 1. The molecular weight excluding hydrogens is 296 g/mol. The van der Waals surface area contributed by atoms with E-state index >= 15 is 0 Å². The van der Waals surface area contributed by atoms with Gasteiger partial charge in [0.1, 0.15) is 0 Å². The second kappa shape index (κ2) is 7.28. The van der Waals surface area contributed by atoms with Crippen molar-refractivity contribution in [3.05, 3.63) is 35.0 Å². The first kappa shape index (κ1) is 17.0. The van der Waals surface area contributed by atoms with Gasteiger partial charge in [0.25, 0.3) is 5.91 Å². The number of carboxylic acid groups (broad SMARTS) is 1. The highest BCUT2D eigenvalue weighted by Crippen LogP contribution is 2.26. The molecule has 1 aromatic carbocycles. The van der Waals surface area contributed by atoms with E-state index in [1.54, 1.807) is 13.2 Å². The van der Waals surface area contributed by atoms with Crippen LogP contribution in [0.3, 0.4) is 0 Å². The summed E-state index contributed by atoms with van der Waals surface area (Å²) in [4.78, 5) is 22.6. The summed E-state index contributed by atoms with van der Waals surface area (Å²) in [6.45, 7) is 5.60. The molecule has 0 fully saturated rings. The number of aryl methyl sites for hydroxylation is 1. The predicted molar refractivity (Wildman–Crippen MR) is 87.9 cm³/mol. The smallest absolute Gasteiger partial charge is 0.305 e. The molecule has 0 aliphatic heterocycles. The van der Waals surface area contributed by atoms with Crippen molar-refractivity contribution in [3.63, 3.8) is 0 Å². The van der Waals surface area contributed by atoms with Gasteiger partial charge in [-0.15, -0.1) is 0 Å². The number of benzene rings is 1. The lowest BCUT2D eigenvalue weighted by molar-refractivity contribution is -0.136. The third-order valence-corrected chi connectivity index (χ3v) is 4.04. The average Bonchev–Trinajstić information content (AvgIpc) is 2.76. The number of amides is 1. The van der Waals surface area contributed by atoms with Crippen molar-refractivity contribution in [1.82, 2.24) is 9.88 Å². The van der Waals surface area contributed by atoms with E-state index in [1.165, 1.54) is 0 Å². The van der Waals surface area contributed by atoms with Crippen molar-refractivity contribution in [2.24, 2.45) is 0 Å². The molecule has 2 rings (SSSR count). The minimum absolute atomic E-state index is 0.0838. The summed E-state index contributed by atoms with van der Waals surface area (Å²) in [5, 5.41) is 12.3. The second-order valence-electron chi connectivity index (χ2n) is 5.49. The number of hydrogen-bond donors (Lipinski definition) is 2. The van der Waals surface area contributed by atoms with Crippen LogP contribution in [0.5, 0.6) is 0 Å². The van der Waals surface area contributed by atoms with Crippen molar-refractivity contribution in [3.8, 4) is 0 Å². The van der Waals surface area contributed by atoms with Gasteiger partial charge in [0.2, 0.25) is 0 Å². The average molecular weight is 318 g/mol. The van der Waals surface area contributed by atoms with E-state index in [-0.39, 0.29) is 18.9 Å². The number of carbonyl (C=O) groups is 2. The van der Waals surface area contributed by atoms with Crippen molar-refractivity contribution in [2.45, 2.75) is 26.8 Å². The first-order valence-corrected chi connectivity index (χ1v) is 7.54. The molecule has 0 spiro atoms. The number of nitrogens with one attached hydrogen (secondary N) is 1. The van der Waals surface area contributed by atoms with Crippen LogP contribution in [-0.4, -0.2) is 41.8 Å². The topological polar surface area (TPSA) is 80.6 Å². The fourth-order valence-corrected chi connectivity index (χ4v) is 2.65. The number of rotatable bonds is 7. The largest absolute Gasteiger partial charge is 0.481 e. The Morgan fingerprint density at radius 3 is 2.70 bits per heavy atom. The fourth-order valence-electron chi connectivity index (χ4n) is 2.65. The van der Waals surface area contributed by atoms with Crippen LogP contribution < -0.4 is 5.32 Å². The number of hydrogen-bond acceptors (Lipinski definition) is 3. The maximum atomic E-state index is 12.1. The van der Waals surface area contributed by atoms with E-state index in [9.17, 15) is 9.59 Å². The number of methoxy groups -OCH3 is 1. The molecule has 1 amide bonds. The van der Waals surface area contributed by atoms with Gasteiger partial charge in [-0.3, -0.25) is 9.59 Å². The van der Waals surface area contributed by atoms with Crippen molar-refractivity contribution < 1.29 is 19.4 Å². The highest BCUT2D eigenvalue weighted by molar-refractivity contribution is 5.99. The zero-order chi connectivity index (χ0) is 17.0. The highest BCUT2D eigenvalue weighted by Gasteiger charge is 2.13. The molecule has 0 aliphatic carbocycles. The minimum Gasteiger partial charge on any atom is -0.481 e. The van der Waals surface area contributed by atoms with Gasteiger partial charge in [-0.1, -0.05) is 0 Å². The predicted octanol–water partition coefficient (Wildman–Crippen LogP) is 2.11. The van der Waals surface area contributed by atoms with Crippen LogP contribution >= 0.6 is 0 Å². The van der Waals surface area contributed by atoms with Crippen LogP contribution in [0, 0.1) is 13.8 Å². The molecule has 6 heteroatoms. The van der Waals surface area contributed by atoms with Gasteiger partial charge in [-0.2, -0.15) is 0 Å². The lowest BCUT2D eigenvalue weighted by Crippen LogP contribution is -2.25. The number of nitrogens with zero attached hydrogens (tertiary/aromatic N) is 1. The van der Waals surface area contributed by atoms with Crippen LogP contribution in [0.15, 0.2) is 18.2 Å². The van der Waals surface area contributed by atoms with Gasteiger partial charge in [0, 0.05) is 42.4 Å². The number of aromatic nitrogens is 1. The van der Waals surface area contributed by atoms with Gasteiger partial charge < -0.3 is 19.7 Å². The van der Waals surface area contributed by atoms with E-state index in [0.29, 0.717) is 12.2 Å². The van der Waals surface area contributed by atoms with Crippen LogP contribution in [-0.2, 0) is 16.1 Å². The molecular formula is C17H22N2O4. The molecule has 1 heterocycles. The maximum Gasteiger partial charge on any atom is 0.305 e. The molecule has 0 atom stereocenters. The third-order valence-electron chi connectivity index (χ3n) is 4.04. The molecule has 2 N–H and O–H groups in total. The monoisotopic (exact) mass is 318 g/mol. The summed E-state index contributed by atoms with van der Waals surface area (Å²) >= 11 is 0. The van der Waals surface area contributed by atoms with Gasteiger partial charge >= 0.3 is 5.97 Å².